The third-order valence-electron chi connectivity index (χ3n) is 4.34. The molecular formula is C17H22N4O3. The van der Waals surface area contributed by atoms with Crippen LogP contribution >= 0.6 is 0 Å². The molecule has 2 aromatic rings. The summed E-state index contributed by atoms with van der Waals surface area (Å²) in [7, 11) is 1.71. The van der Waals surface area contributed by atoms with Crippen LogP contribution in [0.25, 0.3) is 0 Å². The molecule has 0 aliphatic heterocycles. The van der Waals surface area contributed by atoms with Gasteiger partial charge in [-0.3, -0.25) is 14.3 Å². The van der Waals surface area contributed by atoms with Gasteiger partial charge in [-0.15, -0.1) is 0 Å². The lowest BCUT2D eigenvalue weighted by Crippen LogP contribution is -2.25. The van der Waals surface area contributed by atoms with Crippen molar-refractivity contribution in [3.05, 3.63) is 35.9 Å². The summed E-state index contributed by atoms with van der Waals surface area (Å²) in [6.07, 6.45) is 6.82. The van der Waals surface area contributed by atoms with Crippen LogP contribution in [0.1, 0.15) is 48.4 Å². The van der Waals surface area contributed by atoms with E-state index in [1.165, 1.54) is 11.1 Å². The number of nitrogens with zero attached hydrogens (tertiary/aromatic N) is 2. The summed E-state index contributed by atoms with van der Waals surface area (Å²) in [6, 6.07) is 5.15. The second kappa shape index (κ2) is 7.33. The van der Waals surface area contributed by atoms with Gasteiger partial charge in [-0.05, 0) is 25.0 Å². The van der Waals surface area contributed by atoms with Crippen molar-refractivity contribution in [2.45, 2.75) is 38.6 Å². The molecule has 1 aliphatic rings. The maximum Gasteiger partial charge on any atom is 0.272 e. The Bertz CT molecular complexity index is 699. The van der Waals surface area contributed by atoms with Gasteiger partial charge >= 0.3 is 0 Å². The number of amides is 2. The van der Waals surface area contributed by atoms with E-state index in [4.69, 9.17) is 4.42 Å². The van der Waals surface area contributed by atoms with Crippen LogP contribution in [0.5, 0.6) is 0 Å². The van der Waals surface area contributed by atoms with E-state index < -0.39 is 0 Å². The molecule has 2 amide bonds. The monoisotopic (exact) mass is 330 g/mol. The minimum absolute atomic E-state index is 0.0141. The highest BCUT2D eigenvalue weighted by Crippen LogP contribution is 2.25. The standard InChI is InChI=1S/C17H22N4O3/c1-21-15(19-16(22)12-6-3-2-4-7-12)10-14(20-21)17(23)18-11-13-8-5-9-24-13/h5,8-10,12H,2-4,6-7,11H2,1H3,(H,18,23)(H,19,22). The summed E-state index contributed by atoms with van der Waals surface area (Å²) in [5, 5.41) is 9.79. The van der Waals surface area contributed by atoms with Crippen molar-refractivity contribution in [3.63, 3.8) is 0 Å². The fourth-order valence-corrected chi connectivity index (χ4v) is 2.96. The Hall–Kier alpha value is -2.57. The summed E-state index contributed by atoms with van der Waals surface area (Å²) >= 11 is 0. The summed E-state index contributed by atoms with van der Waals surface area (Å²) < 4.78 is 6.69. The number of hydrogen-bond acceptors (Lipinski definition) is 4. The normalized spacial score (nSPS) is 15.2. The molecule has 1 aliphatic carbocycles. The van der Waals surface area contributed by atoms with Gasteiger partial charge < -0.3 is 15.1 Å². The molecule has 2 heterocycles. The van der Waals surface area contributed by atoms with Gasteiger partial charge in [0, 0.05) is 19.0 Å². The molecule has 3 rings (SSSR count). The second-order valence-electron chi connectivity index (χ2n) is 6.12. The van der Waals surface area contributed by atoms with E-state index >= 15 is 0 Å². The Morgan fingerprint density at radius 1 is 1.33 bits per heavy atom. The molecule has 1 fully saturated rings. The van der Waals surface area contributed by atoms with Crippen molar-refractivity contribution >= 4 is 17.6 Å². The Kier molecular flexibility index (Phi) is 4.98. The lowest BCUT2D eigenvalue weighted by atomic mass is 9.89. The fraction of sp³-hybridized carbons (Fsp3) is 0.471. The van der Waals surface area contributed by atoms with Crippen LogP contribution in [0.15, 0.2) is 28.9 Å². The van der Waals surface area contributed by atoms with Gasteiger partial charge in [-0.25, -0.2) is 0 Å². The van der Waals surface area contributed by atoms with Crippen LogP contribution in [-0.2, 0) is 18.4 Å². The minimum Gasteiger partial charge on any atom is -0.467 e. The van der Waals surface area contributed by atoms with Crippen molar-refractivity contribution in [2.24, 2.45) is 13.0 Å². The smallest absolute Gasteiger partial charge is 0.272 e. The third-order valence-corrected chi connectivity index (χ3v) is 4.34. The summed E-state index contributed by atoms with van der Waals surface area (Å²) in [4.78, 5) is 24.5. The fourth-order valence-electron chi connectivity index (χ4n) is 2.96. The zero-order valence-electron chi connectivity index (χ0n) is 13.7. The highest BCUT2D eigenvalue weighted by atomic mass is 16.3. The van der Waals surface area contributed by atoms with E-state index in [9.17, 15) is 9.59 Å². The Morgan fingerprint density at radius 2 is 2.12 bits per heavy atom. The first-order chi connectivity index (χ1) is 11.6. The van der Waals surface area contributed by atoms with Gasteiger partial charge in [-0.2, -0.15) is 5.10 Å². The van der Waals surface area contributed by atoms with Crippen molar-refractivity contribution < 1.29 is 14.0 Å². The van der Waals surface area contributed by atoms with Gasteiger partial charge in [0.1, 0.15) is 11.6 Å². The molecule has 0 bridgehead atoms. The molecule has 2 N–H and O–H groups in total. The predicted molar refractivity (Wildman–Crippen MR) is 88.3 cm³/mol. The summed E-state index contributed by atoms with van der Waals surface area (Å²) in [6.45, 7) is 0.298. The molecule has 2 aromatic heterocycles. The van der Waals surface area contributed by atoms with Gasteiger partial charge in [0.15, 0.2) is 5.69 Å². The summed E-state index contributed by atoms with van der Waals surface area (Å²) in [5.41, 5.74) is 0.267. The maximum absolute atomic E-state index is 12.3. The zero-order valence-corrected chi connectivity index (χ0v) is 13.7. The average Bonchev–Trinajstić information content (AvgIpc) is 3.24. The van der Waals surface area contributed by atoms with Gasteiger partial charge in [0.25, 0.3) is 5.91 Å². The van der Waals surface area contributed by atoms with E-state index in [2.05, 4.69) is 15.7 Å². The Labute approximate surface area is 140 Å². The average molecular weight is 330 g/mol. The molecule has 1 saturated carbocycles. The topological polar surface area (TPSA) is 89.2 Å². The summed E-state index contributed by atoms with van der Waals surface area (Å²) in [5.74, 6) is 0.976. The maximum atomic E-state index is 12.3. The molecule has 7 heteroatoms. The number of nitrogens with one attached hydrogen (secondary N) is 2. The highest BCUT2D eigenvalue weighted by molar-refractivity contribution is 5.96. The largest absolute Gasteiger partial charge is 0.467 e. The molecule has 128 valence electrons. The first-order valence-corrected chi connectivity index (χ1v) is 8.29. The lowest BCUT2D eigenvalue weighted by molar-refractivity contribution is -0.120. The predicted octanol–water partition coefficient (Wildman–Crippen LogP) is 2.46. The Morgan fingerprint density at radius 3 is 2.83 bits per heavy atom. The number of carbonyl (C=O) groups excluding carboxylic acids is 2. The van der Waals surface area contributed by atoms with Crippen LogP contribution in [0, 0.1) is 5.92 Å². The molecule has 0 saturated heterocycles. The SMILES string of the molecule is Cn1nc(C(=O)NCc2ccco2)cc1NC(=O)C1CCCCC1. The minimum atomic E-state index is -0.305. The molecule has 0 unspecified atom stereocenters. The van der Waals surface area contributed by atoms with E-state index in [1.54, 1.807) is 31.5 Å². The molecule has 0 atom stereocenters. The van der Waals surface area contributed by atoms with Crippen LogP contribution in [0.3, 0.4) is 0 Å². The van der Waals surface area contributed by atoms with Crippen LogP contribution < -0.4 is 10.6 Å². The number of aromatic nitrogens is 2. The second-order valence-corrected chi connectivity index (χ2v) is 6.12. The van der Waals surface area contributed by atoms with E-state index in [1.807, 2.05) is 0 Å². The number of anilines is 1. The quantitative estimate of drug-likeness (QED) is 0.881. The van der Waals surface area contributed by atoms with Crippen molar-refractivity contribution in [2.75, 3.05) is 5.32 Å². The molecule has 0 aromatic carbocycles. The van der Waals surface area contributed by atoms with Crippen LogP contribution in [-0.4, -0.2) is 21.6 Å². The third kappa shape index (κ3) is 3.84. The number of hydrogen-bond donors (Lipinski definition) is 2. The van der Waals surface area contributed by atoms with E-state index in [0.29, 0.717) is 18.1 Å². The first-order valence-electron chi connectivity index (χ1n) is 8.29. The number of furan rings is 1. The highest BCUT2D eigenvalue weighted by Gasteiger charge is 2.22. The van der Waals surface area contributed by atoms with Crippen molar-refractivity contribution in [1.82, 2.24) is 15.1 Å². The van der Waals surface area contributed by atoms with Crippen molar-refractivity contribution in [3.8, 4) is 0 Å². The molecule has 7 nitrogen and oxygen atoms in total. The zero-order chi connectivity index (χ0) is 16.9. The number of carbonyl (C=O) groups is 2. The molecular weight excluding hydrogens is 308 g/mol. The van der Waals surface area contributed by atoms with Gasteiger partial charge in [0.2, 0.25) is 5.91 Å². The van der Waals surface area contributed by atoms with Gasteiger partial charge in [-0.1, -0.05) is 19.3 Å². The lowest BCUT2D eigenvalue weighted by Gasteiger charge is -2.20. The van der Waals surface area contributed by atoms with Crippen molar-refractivity contribution in [1.29, 1.82) is 0 Å². The van der Waals surface area contributed by atoms with E-state index in [-0.39, 0.29) is 23.4 Å². The number of rotatable bonds is 5. The Balaban J connectivity index is 1.59. The molecule has 24 heavy (non-hydrogen) atoms. The molecule has 0 spiro atoms. The number of aryl methyl sites for hydroxylation is 1. The van der Waals surface area contributed by atoms with E-state index in [0.717, 1.165) is 25.7 Å². The van der Waals surface area contributed by atoms with Crippen LogP contribution in [0.4, 0.5) is 5.82 Å². The van der Waals surface area contributed by atoms with Gasteiger partial charge in [0.05, 0.1) is 12.8 Å². The first kappa shape index (κ1) is 16.3. The molecule has 0 radical (unpaired) electrons. The van der Waals surface area contributed by atoms with Crippen LogP contribution in [0.2, 0.25) is 0 Å².